The average Bonchev–Trinajstić information content (AvgIpc) is 2.75. The van der Waals surface area contributed by atoms with Crippen molar-refractivity contribution < 1.29 is 14.4 Å². The molecule has 6 heteroatoms. The number of likely N-dealkylation sites (tertiary alicyclic amines) is 1. The smallest absolute Gasteiger partial charge is 0.252 e. The van der Waals surface area contributed by atoms with E-state index in [2.05, 4.69) is 0 Å². The number of benzene rings is 1. The Morgan fingerprint density at radius 3 is 2.48 bits per heavy atom. The van der Waals surface area contributed by atoms with Gasteiger partial charge >= 0.3 is 0 Å². The van der Waals surface area contributed by atoms with E-state index in [4.69, 9.17) is 0 Å². The van der Waals surface area contributed by atoms with Gasteiger partial charge in [-0.3, -0.25) is 19.3 Å². The Kier molecular flexibility index (Phi) is 5.90. The highest BCUT2D eigenvalue weighted by atomic mass is 35.5. The molecule has 0 radical (unpaired) electrons. The molecule has 1 aliphatic rings. The molecule has 0 aliphatic carbocycles. The van der Waals surface area contributed by atoms with Crippen LogP contribution in [0.15, 0.2) is 30.3 Å². The molecule has 5 nitrogen and oxygen atoms in total. The SMILES string of the molecule is CCC(=O)N(C)[C@@H]1CC(=O)N(Cc2ccccc2)C1=O.Cl. The average molecular weight is 311 g/mol. The Morgan fingerprint density at radius 2 is 1.90 bits per heavy atom. The molecule has 1 aromatic carbocycles. The molecule has 0 saturated carbocycles. The molecule has 3 amide bonds. The fourth-order valence-electron chi connectivity index (χ4n) is 2.32. The molecular weight excluding hydrogens is 292 g/mol. The second kappa shape index (κ2) is 7.22. The monoisotopic (exact) mass is 310 g/mol. The topological polar surface area (TPSA) is 57.7 Å². The minimum Gasteiger partial charge on any atom is -0.333 e. The lowest BCUT2D eigenvalue weighted by Crippen LogP contribution is -2.42. The van der Waals surface area contributed by atoms with Crippen LogP contribution >= 0.6 is 12.4 Å². The van der Waals surface area contributed by atoms with Crippen LogP contribution < -0.4 is 0 Å². The Hall–Kier alpha value is -1.88. The number of halogens is 1. The lowest BCUT2D eigenvalue weighted by molar-refractivity contribution is -0.143. The molecule has 1 heterocycles. The minimum atomic E-state index is -0.654. The van der Waals surface area contributed by atoms with E-state index < -0.39 is 6.04 Å². The maximum absolute atomic E-state index is 12.3. The van der Waals surface area contributed by atoms with Crippen LogP contribution in [0.25, 0.3) is 0 Å². The van der Waals surface area contributed by atoms with Crippen molar-refractivity contribution in [3.63, 3.8) is 0 Å². The van der Waals surface area contributed by atoms with Crippen molar-refractivity contribution in [3.05, 3.63) is 35.9 Å². The molecule has 1 fully saturated rings. The van der Waals surface area contributed by atoms with Gasteiger partial charge < -0.3 is 4.90 Å². The van der Waals surface area contributed by atoms with Crippen molar-refractivity contribution in [2.75, 3.05) is 7.05 Å². The summed E-state index contributed by atoms with van der Waals surface area (Å²) in [6.45, 7) is 2.00. The van der Waals surface area contributed by atoms with Gasteiger partial charge in [0.2, 0.25) is 11.8 Å². The van der Waals surface area contributed by atoms with Crippen molar-refractivity contribution in [2.24, 2.45) is 0 Å². The van der Waals surface area contributed by atoms with Crippen molar-refractivity contribution >= 4 is 30.1 Å². The summed E-state index contributed by atoms with van der Waals surface area (Å²) < 4.78 is 0. The third-order valence-corrected chi connectivity index (χ3v) is 3.57. The predicted molar refractivity (Wildman–Crippen MR) is 80.7 cm³/mol. The molecule has 21 heavy (non-hydrogen) atoms. The maximum atomic E-state index is 12.3. The number of likely N-dealkylation sites (N-methyl/N-ethyl adjacent to an activating group) is 1. The van der Waals surface area contributed by atoms with E-state index in [0.717, 1.165) is 5.56 Å². The van der Waals surface area contributed by atoms with Crippen LogP contribution in [0.1, 0.15) is 25.3 Å². The number of amides is 3. The van der Waals surface area contributed by atoms with E-state index in [1.165, 1.54) is 9.80 Å². The lowest BCUT2D eigenvalue weighted by Gasteiger charge is -2.22. The quantitative estimate of drug-likeness (QED) is 0.794. The highest BCUT2D eigenvalue weighted by Crippen LogP contribution is 2.20. The minimum absolute atomic E-state index is 0. The zero-order valence-electron chi connectivity index (χ0n) is 12.1. The largest absolute Gasteiger partial charge is 0.333 e. The van der Waals surface area contributed by atoms with E-state index in [1.54, 1.807) is 14.0 Å². The van der Waals surface area contributed by atoms with Gasteiger partial charge in [-0.2, -0.15) is 0 Å². The van der Waals surface area contributed by atoms with E-state index in [1.807, 2.05) is 30.3 Å². The third-order valence-electron chi connectivity index (χ3n) is 3.57. The summed E-state index contributed by atoms with van der Waals surface area (Å²) in [5, 5.41) is 0. The van der Waals surface area contributed by atoms with Crippen LogP contribution in [0.2, 0.25) is 0 Å². The van der Waals surface area contributed by atoms with Gasteiger partial charge in [-0.05, 0) is 5.56 Å². The molecule has 0 unspecified atom stereocenters. The van der Waals surface area contributed by atoms with Crippen LogP contribution in [0, 0.1) is 0 Å². The van der Waals surface area contributed by atoms with Crippen molar-refractivity contribution in [1.29, 1.82) is 0 Å². The first kappa shape index (κ1) is 17.2. The first-order valence-corrected chi connectivity index (χ1v) is 6.68. The molecule has 114 valence electrons. The number of carbonyl (C=O) groups is 3. The molecule has 1 aromatic rings. The van der Waals surface area contributed by atoms with E-state index in [9.17, 15) is 14.4 Å². The van der Waals surface area contributed by atoms with Crippen molar-refractivity contribution in [3.8, 4) is 0 Å². The summed E-state index contributed by atoms with van der Waals surface area (Å²) in [5.74, 6) is -0.638. The Morgan fingerprint density at radius 1 is 1.29 bits per heavy atom. The number of nitrogens with zero attached hydrogens (tertiary/aromatic N) is 2. The molecular formula is C15H19ClN2O3. The number of carbonyl (C=O) groups excluding carboxylic acids is 3. The fourth-order valence-corrected chi connectivity index (χ4v) is 2.32. The highest BCUT2D eigenvalue weighted by molar-refractivity contribution is 6.06. The predicted octanol–water partition coefficient (Wildman–Crippen LogP) is 1.60. The Balaban J connectivity index is 0.00000220. The summed E-state index contributed by atoms with van der Waals surface area (Å²) in [6.07, 6.45) is 0.404. The number of hydrogen-bond acceptors (Lipinski definition) is 3. The van der Waals surface area contributed by atoms with Crippen LogP contribution in [0.5, 0.6) is 0 Å². The molecule has 2 rings (SSSR count). The Labute approximate surface area is 130 Å². The summed E-state index contributed by atoms with van der Waals surface area (Å²) in [7, 11) is 1.58. The summed E-state index contributed by atoms with van der Waals surface area (Å²) >= 11 is 0. The van der Waals surface area contributed by atoms with Gasteiger partial charge in [-0.1, -0.05) is 37.3 Å². The van der Waals surface area contributed by atoms with Gasteiger partial charge in [0, 0.05) is 13.5 Å². The second-order valence-corrected chi connectivity index (χ2v) is 4.88. The van der Waals surface area contributed by atoms with Gasteiger partial charge in [0.15, 0.2) is 0 Å². The van der Waals surface area contributed by atoms with Gasteiger partial charge in [0.05, 0.1) is 13.0 Å². The summed E-state index contributed by atoms with van der Waals surface area (Å²) in [4.78, 5) is 38.6. The van der Waals surface area contributed by atoms with Gasteiger partial charge in [0.1, 0.15) is 6.04 Å². The van der Waals surface area contributed by atoms with Crippen LogP contribution in [0.4, 0.5) is 0 Å². The van der Waals surface area contributed by atoms with Gasteiger partial charge in [-0.15, -0.1) is 12.4 Å². The van der Waals surface area contributed by atoms with Crippen LogP contribution in [-0.2, 0) is 20.9 Å². The maximum Gasteiger partial charge on any atom is 0.252 e. The molecule has 1 aliphatic heterocycles. The van der Waals surface area contributed by atoms with E-state index in [-0.39, 0.29) is 43.1 Å². The Bertz CT molecular complexity index is 533. The van der Waals surface area contributed by atoms with Gasteiger partial charge in [0.25, 0.3) is 5.91 Å². The number of rotatable bonds is 4. The zero-order chi connectivity index (χ0) is 14.7. The summed E-state index contributed by atoms with van der Waals surface area (Å²) in [6, 6.07) is 8.70. The second-order valence-electron chi connectivity index (χ2n) is 4.88. The highest BCUT2D eigenvalue weighted by Gasteiger charge is 2.41. The molecule has 1 atom stereocenters. The molecule has 0 N–H and O–H groups in total. The molecule has 0 spiro atoms. The van der Waals surface area contributed by atoms with Crippen LogP contribution in [0.3, 0.4) is 0 Å². The van der Waals surface area contributed by atoms with Crippen LogP contribution in [-0.4, -0.2) is 40.6 Å². The lowest BCUT2D eigenvalue weighted by atomic mass is 10.2. The fraction of sp³-hybridized carbons (Fsp3) is 0.400. The first-order valence-electron chi connectivity index (χ1n) is 6.68. The number of hydrogen-bond donors (Lipinski definition) is 0. The number of imide groups is 1. The van der Waals surface area contributed by atoms with Crippen molar-refractivity contribution in [1.82, 2.24) is 9.80 Å². The van der Waals surface area contributed by atoms with Crippen molar-refractivity contribution in [2.45, 2.75) is 32.4 Å². The molecule has 0 aromatic heterocycles. The standard InChI is InChI=1S/C15H18N2O3.ClH/c1-3-13(18)16(2)12-9-14(19)17(15(12)20)10-11-7-5-4-6-8-11;/h4-8,12H,3,9-10H2,1-2H3;1H/t12-;/m1./s1. The summed E-state index contributed by atoms with van der Waals surface area (Å²) in [5.41, 5.74) is 0.902. The van der Waals surface area contributed by atoms with E-state index in [0.29, 0.717) is 6.42 Å². The molecule has 0 bridgehead atoms. The molecule has 1 saturated heterocycles. The third kappa shape index (κ3) is 3.61. The van der Waals surface area contributed by atoms with Gasteiger partial charge in [-0.25, -0.2) is 0 Å². The zero-order valence-corrected chi connectivity index (χ0v) is 12.9. The normalized spacial score (nSPS) is 17.6. The first-order chi connectivity index (χ1) is 9.54. The van der Waals surface area contributed by atoms with E-state index >= 15 is 0 Å².